The Morgan fingerprint density at radius 3 is 2.52 bits per heavy atom. The molecular weight excluding hydrogens is 331 g/mol. The number of rotatable bonds is 4. The predicted molar refractivity (Wildman–Crippen MR) is 97.8 cm³/mol. The van der Waals surface area contributed by atoms with Crippen molar-refractivity contribution in [3.8, 4) is 17.1 Å². The van der Waals surface area contributed by atoms with Gasteiger partial charge in [0.05, 0.1) is 22.6 Å². The third-order valence-electron chi connectivity index (χ3n) is 3.49. The standard InChI is InChI=1S/C19H16O5.Na.H/c1-11(2)23-16-6-4-3-5-13(16)18-10-15(20)14-9-12(19(21)22)7-8-17(14)24-18;;/h3-11H,1-2H3,(H,21,22);;. The van der Waals surface area contributed by atoms with Gasteiger partial charge in [-0.05, 0) is 44.2 Å². The average molecular weight is 348 g/mol. The Hall–Kier alpha value is -2.08. The molecule has 0 amide bonds. The fourth-order valence-electron chi connectivity index (χ4n) is 2.45. The zero-order chi connectivity index (χ0) is 17.3. The van der Waals surface area contributed by atoms with Crippen LogP contribution >= 0.6 is 0 Å². The van der Waals surface area contributed by atoms with Crippen molar-refractivity contribution >= 4 is 46.5 Å². The van der Waals surface area contributed by atoms with Crippen LogP contribution in [0.3, 0.4) is 0 Å². The molecule has 0 spiro atoms. The molecule has 0 saturated heterocycles. The molecule has 1 aromatic heterocycles. The van der Waals surface area contributed by atoms with Crippen molar-refractivity contribution in [3.05, 3.63) is 64.3 Å². The van der Waals surface area contributed by atoms with Gasteiger partial charge in [0, 0.05) is 6.07 Å². The second-order valence-electron chi connectivity index (χ2n) is 5.65. The molecule has 6 heteroatoms. The minimum absolute atomic E-state index is 0. The summed E-state index contributed by atoms with van der Waals surface area (Å²) < 4.78 is 11.6. The number of ether oxygens (including phenoxy) is 1. The molecule has 0 bridgehead atoms. The van der Waals surface area contributed by atoms with Crippen LogP contribution in [-0.2, 0) is 0 Å². The normalized spacial score (nSPS) is 10.5. The molecule has 0 fully saturated rings. The molecule has 124 valence electrons. The van der Waals surface area contributed by atoms with E-state index in [2.05, 4.69) is 0 Å². The number of benzene rings is 2. The molecule has 2 aromatic carbocycles. The van der Waals surface area contributed by atoms with E-state index in [0.29, 0.717) is 22.7 Å². The first kappa shape index (κ1) is 19.2. The van der Waals surface area contributed by atoms with E-state index in [1.54, 1.807) is 0 Å². The van der Waals surface area contributed by atoms with Crippen LogP contribution in [0.4, 0.5) is 0 Å². The molecule has 3 aromatic rings. The molecule has 1 N–H and O–H groups in total. The van der Waals surface area contributed by atoms with Crippen LogP contribution in [0.2, 0.25) is 0 Å². The van der Waals surface area contributed by atoms with E-state index in [-0.39, 0.29) is 52.0 Å². The van der Waals surface area contributed by atoms with Gasteiger partial charge in [0.2, 0.25) is 0 Å². The molecule has 0 saturated carbocycles. The van der Waals surface area contributed by atoms with Crippen molar-refractivity contribution in [1.82, 2.24) is 0 Å². The first-order valence-electron chi connectivity index (χ1n) is 7.53. The first-order valence-corrected chi connectivity index (χ1v) is 7.53. The van der Waals surface area contributed by atoms with Crippen molar-refractivity contribution < 1.29 is 19.1 Å². The third-order valence-corrected chi connectivity index (χ3v) is 3.49. The van der Waals surface area contributed by atoms with Crippen LogP contribution in [0.5, 0.6) is 5.75 Å². The van der Waals surface area contributed by atoms with Crippen LogP contribution < -0.4 is 10.2 Å². The zero-order valence-electron chi connectivity index (χ0n) is 13.3. The Kier molecular flexibility index (Phi) is 6.06. The van der Waals surface area contributed by atoms with Crippen LogP contribution in [0.25, 0.3) is 22.3 Å². The van der Waals surface area contributed by atoms with Gasteiger partial charge in [-0.25, -0.2) is 4.79 Å². The maximum atomic E-state index is 12.4. The van der Waals surface area contributed by atoms with Gasteiger partial charge in [-0.2, -0.15) is 0 Å². The van der Waals surface area contributed by atoms with E-state index >= 15 is 0 Å². The number of para-hydroxylation sites is 1. The SMILES string of the molecule is CC(C)Oc1ccccc1-c1cc(=O)c2cc(C(=O)O)ccc2o1.[NaH]. The molecule has 0 aliphatic carbocycles. The van der Waals surface area contributed by atoms with E-state index in [0.717, 1.165) is 0 Å². The fraction of sp³-hybridized carbons (Fsp3) is 0.158. The molecule has 0 radical (unpaired) electrons. The van der Waals surface area contributed by atoms with E-state index < -0.39 is 5.97 Å². The Bertz CT molecular complexity index is 975. The topological polar surface area (TPSA) is 76.7 Å². The van der Waals surface area contributed by atoms with Crippen molar-refractivity contribution in [1.29, 1.82) is 0 Å². The Morgan fingerprint density at radius 2 is 1.84 bits per heavy atom. The summed E-state index contributed by atoms with van der Waals surface area (Å²) in [5.41, 5.74) is 0.758. The number of hydrogen-bond donors (Lipinski definition) is 1. The monoisotopic (exact) mass is 348 g/mol. The van der Waals surface area contributed by atoms with Crippen molar-refractivity contribution in [3.63, 3.8) is 0 Å². The van der Waals surface area contributed by atoms with Gasteiger partial charge in [-0.3, -0.25) is 4.79 Å². The van der Waals surface area contributed by atoms with Crippen molar-refractivity contribution in [2.24, 2.45) is 0 Å². The van der Waals surface area contributed by atoms with Gasteiger partial charge in [0.1, 0.15) is 17.1 Å². The summed E-state index contributed by atoms with van der Waals surface area (Å²) in [7, 11) is 0. The zero-order valence-corrected chi connectivity index (χ0v) is 13.3. The summed E-state index contributed by atoms with van der Waals surface area (Å²) in [6.45, 7) is 3.83. The van der Waals surface area contributed by atoms with E-state index in [1.807, 2.05) is 38.1 Å². The second-order valence-corrected chi connectivity index (χ2v) is 5.65. The number of aromatic carboxylic acids is 1. The Morgan fingerprint density at radius 1 is 1.12 bits per heavy atom. The van der Waals surface area contributed by atoms with E-state index in [1.165, 1.54) is 24.3 Å². The Balaban J connectivity index is 0.00000225. The summed E-state index contributed by atoms with van der Waals surface area (Å²) in [4.78, 5) is 23.4. The molecule has 0 aliphatic rings. The van der Waals surface area contributed by atoms with Crippen molar-refractivity contribution in [2.75, 3.05) is 0 Å². The molecule has 0 unspecified atom stereocenters. The number of fused-ring (bicyclic) bond motifs is 1. The number of carboxylic acids is 1. The quantitative estimate of drug-likeness (QED) is 0.732. The summed E-state index contributed by atoms with van der Waals surface area (Å²) in [6.07, 6.45) is -0.0172. The summed E-state index contributed by atoms with van der Waals surface area (Å²) in [5, 5.41) is 9.28. The molecule has 0 atom stereocenters. The van der Waals surface area contributed by atoms with Gasteiger partial charge < -0.3 is 14.3 Å². The van der Waals surface area contributed by atoms with Crippen LogP contribution in [0, 0.1) is 0 Å². The fourth-order valence-corrected chi connectivity index (χ4v) is 2.45. The maximum absolute atomic E-state index is 12.4. The van der Waals surface area contributed by atoms with Gasteiger partial charge >= 0.3 is 35.5 Å². The van der Waals surface area contributed by atoms with E-state index in [4.69, 9.17) is 14.3 Å². The van der Waals surface area contributed by atoms with Gasteiger partial charge in [0.25, 0.3) is 0 Å². The molecule has 3 rings (SSSR count). The summed E-state index contributed by atoms with van der Waals surface area (Å²) in [6, 6.07) is 12.9. The van der Waals surface area contributed by atoms with E-state index in [9.17, 15) is 9.59 Å². The van der Waals surface area contributed by atoms with Crippen molar-refractivity contribution in [2.45, 2.75) is 20.0 Å². The predicted octanol–water partition coefficient (Wildman–Crippen LogP) is 3.30. The van der Waals surface area contributed by atoms with Crippen LogP contribution in [0.15, 0.2) is 57.7 Å². The molecule has 25 heavy (non-hydrogen) atoms. The van der Waals surface area contributed by atoms with Crippen LogP contribution in [-0.4, -0.2) is 46.7 Å². The minimum atomic E-state index is -1.09. The molecule has 0 aliphatic heterocycles. The molecule has 1 heterocycles. The average Bonchev–Trinajstić information content (AvgIpc) is 2.54. The van der Waals surface area contributed by atoms with Gasteiger partial charge in [-0.15, -0.1) is 0 Å². The van der Waals surface area contributed by atoms with Gasteiger partial charge in [-0.1, -0.05) is 12.1 Å². The molecular formula is C19H17NaO5. The van der Waals surface area contributed by atoms with Gasteiger partial charge in [0.15, 0.2) is 5.43 Å². The number of hydrogen-bond acceptors (Lipinski definition) is 4. The molecule has 5 nitrogen and oxygen atoms in total. The second kappa shape index (κ2) is 7.87. The number of carboxylic acid groups (broad SMARTS) is 1. The third kappa shape index (κ3) is 4.12. The Labute approximate surface area is 166 Å². The summed E-state index contributed by atoms with van der Waals surface area (Å²) >= 11 is 0. The first-order chi connectivity index (χ1) is 11.5. The summed E-state index contributed by atoms with van der Waals surface area (Å²) in [5.74, 6) is -0.0833. The van der Waals surface area contributed by atoms with Crippen LogP contribution in [0.1, 0.15) is 24.2 Å². The number of carbonyl (C=O) groups is 1.